The van der Waals surface area contributed by atoms with Crippen molar-refractivity contribution in [2.24, 2.45) is 0 Å². The van der Waals surface area contributed by atoms with Gasteiger partial charge in [-0.3, -0.25) is 4.79 Å². The molecule has 2 heterocycles. The Morgan fingerprint density at radius 2 is 2.04 bits per heavy atom. The molecule has 2 aromatic rings. The van der Waals surface area contributed by atoms with E-state index < -0.39 is 28.9 Å². The lowest BCUT2D eigenvalue weighted by Gasteiger charge is -2.36. The SMILES string of the molecule is O=C(O)c1csc(CNC(=O)C2(c3ccc(F)cc3F)CCOCC2)n1. The van der Waals surface area contributed by atoms with E-state index >= 15 is 0 Å². The fraction of sp³-hybridized carbons (Fsp3) is 0.353. The van der Waals surface area contributed by atoms with Gasteiger partial charge in [-0.25, -0.2) is 18.6 Å². The zero-order valence-corrected chi connectivity index (χ0v) is 14.4. The molecule has 0 atom stereocenters. The maximum atomic E-state index is 14.4. The highest BCUT2D eigenvalue weighted by Crippen LogP contribution is 2.37. The van der Waals surface area contributed by atoms with Crippen LogP contribution in [0.25, 0.3) is 0 Å². The third-order valence-electron chi connectivity index (χ3n) is 4.40. The van der Waals surface area contributed by atoms with E-state index in [1.165, 1.54) is 11.4 Å². The second-order valence-corrected chi connectivity index (χ2v) is 6.88. The van der Waals surface area contributed by atoms with Gasteiger partial charge >= 0.3 is 5.97 Å². The summed E-state index contributed by atoms with van der Waals surface area (Å²) in [5.74, 6) is -3.05. The van der Waals surface area contributed by atoms with Gasteiger partial charge in [-0.05, 0) is 18.9 Å². The molecule has 0 radical (unpaired) electrons. The van der Waals surface area contributed by atoms with Crippen LogP contribution in [0.2, 0.25) is 0 Å². The van der Waals surface area contributed by atoms with Gasteiger partial charge in [0, 0.05) is 30.2 Å². The number of carbonyl (C=O) groups is 2. The van der Waals surface area contributed by atoms with Crippen molar-refractivity contribution < 1.29 is 28.2 Å². The normalized spacial score (nSPS) is 16.2. The van der Waals surface area contributed by atoms with Gasteiger partial charge in [-0.1, -0.05) is 6.07 Å². The molecule has 6 nitrogen and oxygen atoms in total. The Morgan fingerprint density at radius 1 is 1.31 bits per heavy atom. The van der Waals surface area contributed by atoms with Crippen LogP contribution in [0.3, 0.4) is 0 Å². The average Bonchev–Trinajstić information content (AvgIpc) is 3.09. The molecule has 1 saturated heterocycles. The number of carbonyl (C=O) groups excluding carboxylic acids is 1. The maximum absolute atomic E-state index is 14.4. The minimum atomic E-state index is -1.16. The Bertz CT molecular complexity index is 834. The van der Waals surface area contributed by atoms with Crippen molar-refractivity contribution in [1.82, 2.24) is 10.3 Å². The van der Waals surface area contributed by atoms with Gasteiger partial charge in [-0.15, -0.1) is 11.3 Å². The van der Waals surface area contributed by atoms with Crippen LogP contribution >= 0.6 is 11.3 Å². The van der Waals surface area contributed by atoms with E-state index in [0.29, 0.717) is 5.01 Å². The Labute approximate surface area is 151 Å². The molecule has 0 aliphatic carbocycles. The van der Waals surface area contributed by atoms with Gasteiger partial charge in [0.25, 0.3) is 0 Å². The summed E-state index contributed by atoms with van der Waals surface area (Å²) in [4.78, 5) is 27.7. The standard InChI is InChI=1S/C17H16F2N2O4S/c18-10-1-2-11(12(19)7-10)17(3-5-25-6-4-17)16(24)20-8-14-21-13(9-26-14)15(22)23/h1-2,7,9H,3-6,8H2,(H,20,24)(H,22,23). The van der Waals surface area contributed by atoms with E-state index in [0.717, 1.165) is 23.5 Å². The minimum Gasteiger partial charge on any atom is -0.476 e. The first-order valence-corrected chi connectivity index (χ1v) is 8.79. The topological polar surface area (TPSA) is 88.5 Å². The molecule has 1 aliphatic heterocycles. The summed E-state index contributed by atoms with van der Waals surface area (Å²) >= 11 is 1.11. The van der Waals surface area contributed by atoms with Crippen LogP contribution in [0.1, 0.15) is 33.9 Å². The third-order valence-corrected chi connectivity index (χ3v) is 5.25. The summed E-state index contributed by atoms with van der Waals surface area (Å²) in [5.41, 5.74) is -1.13. The zero-order valence-electron chi connectivity index (χ0n) is 13.6. The first kappa shape index (κ1) is 18.4. The maximum Gasteiger partial charge on any atom is 0.355 e. The van der Waals surface area contributed by atoms with Crippen LogP contribution in [0.15, 0.2) is 23.6 Å². The highest BCUT2D eigenvalue weighted by Gasteiger charge is 2.43. The monoisotopic (exact) mass is 382 g/mol. The van der Waals surface area contributed by atoms with Gasteiger partial charge in [-0.2, -0.15) is 0 Å². The number of hydrogen-bond acceptors (Lipinski definition) is 5. The highest BCUT2D eigenvalue weighted by molar-refractivity contribution is 7.09. The molecular weight excluding hydrogens is 366 g/mol. The van der Waals surface area contributed by atoms with Gasteiger partial charge in [0.1, 0.15) is 16.6 Å². The molecule has 2 N–H and O–H groups in total. The predicted molar refractivity (Wildman–Crippen MR) is 89.0 cm³/mol. The van der Waals surface area contributed by atoms with Gasteiger partial charge in [0.15, 0.2) is 5.69 Å². The largest absolute Gasteiger partial charge is 0.476 e. The molecule has 0 bridgehead atoms. The summed E-state index contributed by atoms with van der Waals surface area (Å²) in [6.45, 7) is 0.595. The van der Waals surface area contributed by atoms with Crippen molar-refractivity contribution in [3.63, 3.8) is 0 Å². The van der Waals surface area contributed by atoms with E-state index in [1.807, 2.05) is 0 Å². The number of ether oxygens (including phenoxy) is 1. The van der Waals surface area contributed by atoms with Crippen molar-refractivity contribution in [1.29, 1.82) is 0 Å². The van der Waals surface area contributed by atoms with Crippen LogP contribution in [0.4, 0.5) is 8.78 Å². The lowest BCUT2D eigenvalue weighted by atomic mass is 9.73. The van der Waals surface area contributed by atoms with E-state index in [-0.39, 0.29) is 43.9 Å². The second kappa shape index (κ2) is 7.46. The Morgan fingerprint density at radius 3 is 2.65 bits per heavy atom. The summed E-state index contributed by atoms with van der Waals surface area (Å²) in [6.07, 6.45) is 0.527. The molecule has 26 heavy (non-hydrogen) atoms. The lowest BCUT2D eigenvalue weighted by Crippen LogP contribution is -2.48. The third kappa shape index (κ3) is 3.58. The molecule has 1 fully saturated rings. The van der Waals surface area contributed by atoms with Crippen molar-refractivity contribution in [3.05, 3.63) is 51.5 Å². The van der Waals surface area contributed by atoms with Crippen molar-refractivity contribution in [3.8, 4) is 0 Å². The smallest absolute Gasteiger partial charge is 0.355 e. The van der Waals surface area contributed by atoms with E-state index in [2.05, 4.69) is 10.3 Å². The number of aromatic carboxylic acids is 1. The van der Waals surface area contributed by atoms with E-state index in [9.17, 15) is 18.4 Å². The quantitative estimate of drug-likeness (QED) is 0.830. The molecule has 138 valence electrons. The number of nitrogens with zero attached hydrogens (tertiary/aromatic N) is 1. The van der Waals surface area contributed by atoms with Crippen LogP contribution in [-0.2, 0) is 21.5 Å². The van der Waals surface area contributed by atoms with Crippen LogP contribution in [0, 0.1) is 11.6 Å². The molecule has 3 rings (SSSR count). The molecule has 1 aromatic carbocycles. The summed E-state index contributed by atoms with van der Waals surface area (Å²) in [6, 6.07) is 3.18. The van der Waals surface area contributed by atoms with Crippen LogP contribution in [0.5, 0.6) is 0 Å². The van der Waals surface area contributed by atoms with E-state index in [1.54, 1.807) is 0 Å². The first-order valence-electron chi connectivity index (χ1n) is 7.92. The number of nitrogens with one attached hydrogen (secondary N) is 1. The number of carboxylic acids is 1. The number of carboxylic acid groups (broad SMARTS) is 1. The van der Waals surface area contributed by atoms with Crippen molar-refractivity contribution >= 4 is 23.2 Å². The number of thiazole rings is 1. The molecule has 0 unspecified atom stereocenters. The first-order chi connectivity index (χ1) is 12.4. The summed E-state index contributed by atoms with van der Waals surface area (Å²) in [7, 11) is 0. The van der Waals surface area contributed by atoms with Crippen LogP contribution < -0.4 is 5.32 Å². The number of benzene rings is 1. The summed E-state index contributed by atoms with van der Waals surface area (Å²) in [5, 5.41) is 13.4. The highest BCUT2D eigenvalue weighted by atomic mass is 32.1. The number of hydrogen-bond donors (Lipinski definition) is 2. The molecule has 1 aliphatic rings. The molecule has 1 amide bonds. The fourth-order valence-electron chi connectivity index (χ4n) is 3.03. The summed E-state index contributed by atoms with van der Waals surface area (Å²) < 4.78 is 32.9. The average molecular weight is 382 g/mol. The predicted octanol–water partition coefficient (Wildman–Crippen LogP) is 2.48. The number of rotatable bonds is 5. The number of amides is 1. The van der Waals surface area contributed by atoms with Crippen LogP contribution in [-0.4, -0.2) is 35.2 Å². The number of aromatic nitrogens is 1. The van der Waals surface area contributed by atoms with Gasteiger partial charge in [0.05, 0.1) is 12.0 Å². The minimum absolute atomic E-state index is 0.0300. The molecular formula is C17H16F2N2O4S. The Kier molecular flexibility index (Phi) is 5.28. The number of halogens is 2. The van der Waals surface area contributed by atoms with Gasteiger partial charge < -0.3 is 15.2 Å². The Balaban J connectivity index is 1.82. The molecule has 0 spiro atoms. The van der Waals surface area contributed by atoms with Crippen molar-refractivity contribution in [2.45, 2.75) is 24.8 Å². The second-order valence-electron chi connectivity index (χ2n) is 5.93. The lowest BCUT2D eigenvalue weighted by molar-refractivity contribution is -0.130. The zero-order chi connectivity index (χ0) is 18.7. The molecule has 1 aromatic heterocycles. The van der Waals surface area contributed by atoms with Crippen molar-refractivity contribution in [2.75, 3.05) is 13.2 Å². The molecule has 0 saturated carbocycles. The fourth-order valence-corrected chi connectivity index (χ4v) is 3.74. The Hall–Kier alpha value is -2.39. The molecule has 9 heteroatoms. The van der Waals surface area contributed by atoms with E-state index in [4.69, 9.17) is 9.84 Å². The van der Waals surface area contributed by atoms with Gasteiger partial charge in [0.2, 0.25) is 5.91 Å².